The van der Waals surface area contributed by atoms with E-state index in [1.54, 1.807) is 43.8 Å². The molecule has 0 radical (unpaired) electrons. The van der Waals surface area contributed by atoms with Crippen LogP contribution in [0.2, 0.25) is 0 Å². The number of ether oxygens (including phenoxy) is 1. The number of rotatable bonds is 3. The first-order chi connectivity index (χ1) is 14.0. The van der Waals surface area contributed by atoms with E-state index in [4.69, 9.17) is 4.74 Å². The van der Waals surface area contributed by atoms with E-state index in [9.17, 15) is 9.59 Å². The summed E-state index contributed by atoms with van der Waals surface area (Å²) in [6.07, 6.45) is 5.28. The molecule has 10 heteroatoms. The van der Waals surface area contributed by atoms with Gasteiger partial charge in [-0.25, -0.2) is 4.79 Å². The Labute approximate surface area is 174 Å². The summed E-state index contributed by atoms with van der Waals surface area (Å²) in [4.78, 5) is 26.9. The van der Waals surface area contributed by atoms with Gasteiger partial charge < -0.3 is 15.0 Å². The molecule has 1 aliphatic heterocycles. The van der Waals surface area contributed by atoms with E-state index in [0.29, 0.717) is 17.9 Å². The molecule has 0 spiro atoms. The van der Waals surface area contributed by atoms with Crippen molar-refractivity contribution in [3.63, 3.8) is 0 Å². The number of likely N-dealkylation sites (N-methyl/N-ethyl adjacent to an activating group) is 1. The quantitative estimate of drug-likeness (QED) is 0.646. The summed E-state index contributed by atoms with van der Waals surface area (Å²) in [6, 6.07) is 7.69. The van der Waals surface area contributed by atoms with E-state index < -0.39 is 12.1 Å². The molecule has 0 bridgehead atoms. The molecule has 148 valence electrons. The minimum Gasteiger partial charge on any atom is -0.489 e. The van der Waals surface area contributed by atoms with Gasteiger partial charge in [-0.3, -0.25) is 4.79 Å². The van der Waals surface area contributed by atoms with Crippen LogP contribution in [0.15, 0.2) is 53.4 Å². The molecule has 2 amide bonds. The molecule has 2 aromatic heterocycles. The van der Waals surface area contributed by atoms with Gasteiger partial charge in [0.15, 0.2) is 0 Å². The van der Waals surface area contributed by atoms with E-state index >= 15 is 0 Å². The van der Waals surface area contributed by atoms with Gasteiger partial charge in [0.05, 0.1) is 17.6 Å². The van der Waals surface area contributed by atoms with Gasteiger partial charge in [0.1, 0.15) is 18.4 Å². The second-order valence-corrected chi connectivity index (χ2v) is 7.42. The fourth-order valence-corrected chi connectivity index (χ4v) is 3.34. The number of hydrogen-bond donors (Lipinski definition) is 1. The molecule has 1 aromatic carbocycles. The van der Waals surface area contributed by atoms with Gasteiger partial charge in [0.25, 0.3) is 5.91 Å². The maximum absolute atomic E-state index is 12.8. The summed E-state index contributed by atoms with van der Waals surface area (Å²) < 4.78 is 7.72. The first-order valence-electron chi connectivity index (χ1n) is 8.82. The van der Waals surface area contributed by atoms with E-state index in [-0.39, 0.29) is 12.5 Å². The lowest BCUT2D eigenvalue weighted by atomic mass is 10.2. The van der Waals surface area contributed by atoms with Gasteiger partial charge in [0, 0.05) is 30.3 Å². The third kappa shape index (κ3) is 4.11. The van der Waals surface area contributed by atoms with Crippen molar-refractivity contribution in [3.8, 4) is 5.75 Å². The number of anilines is 1. The number of hydrogen-bond acceptors (Lipinski definition) is 6. The van der Waals surface area contributed by atoms with Gasteiger partial charge >= 0.3 is 6.03 Å². The predicted molar refractivity (Wildman–Crippen MR) is 108 cm³/mol. The fourth-order valence-electron chi connectivity index (χ4n) is 2.99. The Morgan fingerprint density at radius 3 is 3.03 bits per heavy atom. The summed E-state index contributed by atoms with van der Waals surface area (Å²) in [5.74, 6) is 0.299. The topological polar surface area (TPSA) is 102 Å². The molecular formula is C19H17BrN6O3. The number of nitrogens with one attached hydrogen (secondary N) is 1. The average molecular weight is 457 g/mol. The maximum atomic E-state index is 12.8. The van der Waals surface area contributed by atoms with E-state index in [0.717, 1.165) is 20.4 Å². The molecule has 29 heavy (non-hydrogen) atoms. The summed E-state index contributed by atoms with van der Waals surface area (Å²) in [5, 5.41) is 14.6. The average Bonchev–Trinajstić information content (AvgIpc) is 3.16. The molecule has 0 fully saturated rings. The van der Waals surface area contributed by atoms with Gasteiger partial charge in [-0.05, 0) is 35.9 Å². The molecule has 0 aliphatic carbocycles. The zero-order chi connectivity index (χ0) is 20.4. The lowest BCUT2D eigenvalue weighted by molar-refractivity contribution is -0.120. The number of fused-ring (bicyclic) bond motifs is 1. The van der Waals surface area contributed by atoms with Gasteiger partial charge in [-0.2, -0.15) is 20.0 Å². The number of aromatic nitrogens is 4. The Hall–Kier alpha value is -3.27. The summed E-state index contributed by atoms with van der Waals surface area (Å²) in [6.45, 7) is 0.0251. The predicted octanol–water partition coefficient (Wildman–Crippen LogP) is 2.01. The Morgan fingerprint density at radius 1 is 1.38 bits per heavy atom. The van der Waals surface area contributed by atoms with Crippen LogP contribution in [0.1, 0.15) is 11.3 Å². The highest BCUT2D eigenvalue weighted by atomic mass is 79.9. The standard InChI is InChI=1S/C19H17BrN6O3/c1-25-16-8-13(20)4-5-17(16)29-11-15(18(25)27)23-19(28)26-10-12(9-22-26)7-14-3-2-6-21-24-14/h2-6,8-10,15H,7,11H2,1H3,(H,23,28)/t15-/m1/s1. The monoisotopic (exact) mass is 456 g/mol. The molecule has 4 rings (SSSR count). The molecule has 1 N–H and O–H groups in total. The Kier molecular flexibility index (Phi) is 5.26. The van der Waals surface area contributed by atoms with Crippen LogP contribution in [0, 0.1) is 0 Å². The van der Waals surface area contributed by atoms with Crippen molar-refractivity contribution in [2.45, 2.75) is 12.5 Å². The highest BCUT2D eigenvalue weighted by Crippen LogP contribution is 2.33. The number of benzene rings is 1. The zero-order valence-electron chi connectivity index (χ0n) is 15.4. The fraction of sp³-hybridized carbons (Fsp3) is 0.211. The molecule has 9 nitrogen and oxygen atoms in total. The highest BCUT2D eigenvalue weighted by molar-refractivity contribution is 9.10. The number of halogens is 1. The number of carbonyl (C=O) groups is 2. The van der Waals surface area contributed by atoms with Crippen LogP contribution >= 0.6 is 15.9 Å². The van der Waals surface area contributed by atoms with Gasteiger partial charge in [0.2, 0.25) is 0 Å². The van der Waals surface area contributed by atoms with Crippen molar-refractivity contribution in [3.05, 3.63) is 64.7 Å². The molecule has 0 unspecified atom stereocenters. The Balaban J connectivity index is 1.45. The third-order valence-electron chi connectivity index (χ3n) is 4.47. The van der Waals surface area contributed by atoms with Crippen molar-refractivity contribution in [2.24, 2.45) is 0 Å². The largest absolute Gasteiger partial charge is 0.489 e. The van der Waals surface area contributed by atoms with Crippen molar-refractivity contribution >= 4 is 33.6 Å². The van der Waals surface area contributed by atoms with Crippen LogP contribution in [-0.2, 0) is 11.2 Å². The first kappa shape index (κ1) is 19.1. The number of amides is 2. The smallest absolute Gasteiger partial charge is 0.342 e. The normalized spacial score (nSPS) is 16.0. The highest BCUT2D eigenvalue weighted by Gasteiger charge is 2.31. The number of nitrogens with zero attached hydrogens (tertiary/aromatic N) is 5. The molecule has 3 aromatic rings. The van der Waals surface area contributed by atoms with Crippen molar-refractivity contribution in [1.82, 2.24) is 25.3 Å². The molecule has 1 atom stereocenters. The molecule has 0 saturated heterocycles. The van der Waals surface area contributed by atoms with E-state index in [2.05, 4.69) is 36.5 Å². The molecule has 3 heterocycles. The van der Waals surface area contributed by atoms with Crippen molar-refractivity contribution in [2.75, 3.05) is 18.6 Å². The maximum Gasteiger partial charge on any atom is 0.342 e. The lowest BCUT2D eigenvalue weighted by Gasteiger charge is -2.20. The molecule has 0 saturated carbocycles. The Bertz CT molecular complexity index is 1060. The first-order valence-corrected chi connectivity index (χ1v) is 9.61. The lowest BCUT2D eigenvalue weighted by Crippen LogP contribution is -2.50. The van der Waals surface area contributed by atoms with Gasteiger partial charge in [-0.15, -0.1) is 0 Å². The zero-order valence-corrected chi connectivity index (χ0v) is 17.0. The Morgan fingerprint density at radius 2 is 2.24 bits per heavy atom. The molecule has 1 aliphatic rings. The van der Waals surface area contributed by atoms with Crippen LogP contribution in [0.25, 0.3) is 0 Å². The summed E-state index contributed by atoms with van der Waals surface area (Å²) in [7, 11) is 1.65. The number of carbonyl (C=O) groups excluding carboxylic acids is 2. The summed E-state index contributed by atoms with van der Waals surface area (Å²) in [5.41, 5.74) is 2.20. The van der Waals surface area contributed by atoms with Crippen LogP contribution in [0.3, 0.4) is 0 Å². The minimum absolute atomic E-state index is 0.0251. The summed E-state index contributed by atoms with van der Waals surface area (Å²) >= 11 is 3.39. The van der Waals surface area contributed by atoms with Crippen molar-refractivity contribution < 1.29 is 14.3 Å². The molecular weight excluding hydrogens is 440 g/mol. The van der Waals surface area contributed by atoms with E-state index in [1.165, 1.54) is 4.90 Å². The van der Waals surface area contributed by atoms with Crippen LogP contribution in [0.4, 0.5) is 10.5 Å². The van der Waals surface area contributed by atoms with Gasteiger partial charge in [-0.1, -0.05) is 15.9 Å². The SMILES string of the molecule is CN1C(=O)[C@H](NC(=O)n2cc(Cc3cccnn3)cn2)COc2ccc(Br)cc21. The third-order valence-corrected chi connectivity index (χ3v) is 4.96. The van der Waals surface area contributed by atoms with Crippen molar-refractivity contribution in [1.29, 1.82) is 0 Å². The van der Waals surface area contributed by atoms with Crippen LogP contribution in [-0.4, -0.2) is 51.6 Å². The van der Waals surface area contributed by atoms with Crippen LogP contribution < -0.4 is 15.0 Å². The minimum atomic E-state index is -0.841. The second kappa shape index (κ2) is 8.00. The second-order valence-electron chi connectivity index (χ2n) is 6.51. The van der Waals surface area contributed by atoms with E-state index in [1.807, 2.05) is 12.1 Å². The van der Waals surface area contributed by atoms with Crippen LogP contribution in [0.5, 0.6) is 5.75 Å².